The Morgan fingerprint density at radius 1 is 1.25 bits per heavy atom. The largest absolute Gasteiger partial charge is 0.383 e. The van der Waals surface area contributed by atoms with Crippen LogP contribution in [0.1, 0.15) is 33.6 Å². The van der Waals surface area contributed by atoms with Crippen molar-refractivity contribution in [2.75, 3.05) is 39.9 Å². The topological polar surface area (TPSA) is 38.5 Å². The first kappa shape index (κ1) is 15.9. The van der Waals surface area contributed by atoms with E-state index in [4.69, 9.17) is 10.5 Å². The molecule has 0 amide bonds. The van der Waals surface area contributed by atoms with Gasteiger partial charge in [-0.25, -0.2) is 0 Å². The summed E-state index contributed by atoms with van der Waals surface area (Å²) in [5.41, 5.74) is 5.73. The van der Waals surface area contributed by atoms with Crippen LogP contribution in [0, 0.1) is 11.8 Å². The highest BCUT2D eigenvalue weighted by atomic mass is 16.5. The Labute approximate surface area is 101 Å². The third-order valence-corrected chi connectivity index (χ3v) is 3.00. The van der Waals surface area contributed by atoms with Gasteiger partial charge in [-0.15, -0.1) is 0 Å². The molecule has 3 nitrogen and oxygen atoms in total. The Kier molecular flexibility index (Phi) is 9.99. The van der Waals surface area contributed by atoms with E-state index >= 15 is 0 Å². The fraction of sp³-hybridized carbons (Fsp3) is 1.00. The van der Waals surface area contributed by atoms with Gasteiger partial charge in [-0.3, -0.25) is 0 Å². The van der Waals surface area contributed by atoms with Crippen LogP contribution in [0.4, 0.5) is 0 Å². The van der Waals surface area contributed by atoms with Crippen molar-refractivity contribution in [3.63, 3.8) is 0 Å². The number of methoxy groups -OCH3 is 1. The van der Waals surface area contributed by atoms with E-state index < -0.39 is 0 Å². The van der Waals surface area contributed by atoms with Crippen LogP contribution < -0.4 is 5.73 Å². The molecule has 0 heterocycles. The van der Waals surface area contributed by atoms with Crippen molar-refractivity contribution in [2.24, 2.45) is 17.6 Å². The van der Waals surface area contributed by atoms with Gasteiger partial charge < -0.3 is 15.4 Å². The first-order valence-electron chi connectivity index (χ1n) is 6.55. The molecule has 0 bridgehead atoms. The fourth-order valence-electron chi connectivity index (χ4n) is 1.88. The minimum absolute atomic E-state index is 0.678. The van der Waals surface area contributed by atoms with Crippen LogP contribution in [0.25, 0.3) is 0 Å². The maximum atomic E-state index is 5.73. The number of rotatable bonds is 10. The molecule has 98 valence electrons. The molecule has 3 heteroatoms. The lowest BCUT2D eigenvalue weighted by Crippen LogP contribution is -2.33. The zero-order valence-electron chi connectivity index (χ0n) is 11.5. The van der Waals surface area contributed by atoms with Crippen molar-refractivity contribution in [1.82, 2.24) is 4.90 Å². The Hall–Kier alpha value is -0.120. The summed E-state index contributed by atoms with van der Waals surface area (Å²) < 4.78 is 5.15. The molecule has 0 aromatic heterocycles. The molecular weight excluding hydrogens is 200 g/mol. The summed E-state index contributed by atoms with van der Waals surface area (Å²) in [6.45, 7) is 11.7. The molecule has 0 radical (unpaired) electrons. The standard InChI is InChI=1S/C13H30N2O/c1-5-13(10-14)6-7-15(8-9-16-4)11-12(2)3/h12-13H,5-11,14H2,1-4H3. The van der Waals surface area contributed by atoms with E-state index in [9.17, 15) is 0 Å². The van der Waals surface area contributed by atoms with E-state index in [-0.39, 0.29) is 0 Å². The van der Waals surface area contributed by atoms with E-state index in [1.54, 1.807) is 7.11 Å². The Morgan fingerprint density at radius 3 is 2.38 bits per heavy atom. The molecule has 0 spiro atoms. The molecule has 0 saturated carbocycles. The van der Waals surface area contributed by atoms with E-state index in [1.165, 1.54) is 12.8 Å². The van der Waals surface area contributed by atoms with Crippen molar-refractivity contribution >= 4 is 0 Å². The van der Waals surface area contributed by atoms with E-state index in [0.717, 1.165) is 38.7 Å². The quantitative estimate of drug-likeness (QED) is 0.623. The Bertz CT molecular complexity index is 147. The second kappa shape index (κ2) is 10.1. The van der Waals surface area contributed by atoms with Crippen LogP contribution in [0.15, 0.2) is 0 Å². The average Bonchev–Trinajstić information content (AvgIpc) is 2.26. The summed E-state index contributed by atoms with van der Waals surface area (Å²) >= 11 is 0. The first-order chi connectivity index (χ1) is 7.63. The minimum atomic E-state index is 0.678. The molecular formula is C13H30N2O. The average molecular weight is 230 g/mol. The zero-order valence-corrected chi connectivity index (χ0v) is 11.5. The molecule has 2 N–H and O–H groups in total. The van der Waals surface area contributed by atoms with E-state index in [0.29, 0.717) is 5.92 Å². The summed E-state index contributed by atoms with van der Waals surface area (Å²) in [6.07, 6.45) is 2.40. The highest BCUT2D eigenvalue weighted by Crippen LogP contribution is 2.08. The number of nitrogens with zero attached hydrogens (tertiary/aromatic N) is 1. The lowest BCUT2D eigenvalue weighted by Gasteiger charge is -2.25. The number of hydrogen-bond donors (Lipinski definition) is 1. The monoisotopic (exact) mass is 230 g/mol. The zero-order chi connectivity index (χ0) is 12.4. The molecule has 0 aliphatic heterocycles. The van der Waals surface area contributed by atoms with Gasteiger partial charge in [-0.2, -0.15) is 0 Å². The predicted molar refractivity (Wildman–Crippen MR) is 70.6 cm³/mol. The van der Waals surface area contributed by atoms with Crippen molar-refractivity contribution in [3.8, 4) is 0 Å². The van der Waals surface area contributed by atoms with Gasteiger partial charge in [0.1, 0.15) is 0 Å². The summed E-state index contributed by atoms with van der Waals surface area (Å²) in [6, 6.07) is 0. The van der Waals surface area contributed by atoms with Crippen molar-refractivity contribution in [1.29, 1.82) is 0 Å². The molecule has 0 aromatic carbocycles. The van der Waals surface area contributed by atoms with Gasteiger partial charge in [-0.1, -0.05) is 27.2 Å². The van der Waals surface area contributed by atoms with Gasteiger partial charge in [0, 0.05) is 20.2 Å². The molecule has 0 aliphatic carbocycles. The maximum Gasteiger partial charge on any atom is 0.0589 e. The van der Waals surface area contributed by atoms with Crippen LogP contribution in [0.2, 0.25) is 0 Å². The second-order valence-electron chi connectivity index (χ2n) is 4.99. The van der Waals surface area contributed by atoms with Crippen molar-refractivity contribution in [3.05, 3.63) is 0 Å². The normalized spacial score (nSPS) is 13.7. The van der Waals surface area contributed by atoms with Crippen molar-refractivity contribution < 1.29 is 4.74 Å². The molecule has 0 aromatic rings. The SMILES string of the molecule is CCC(CN)CCN(CCOC)CC(C)C. The smallest absolute Gasteiger partial charge is 0.0589 e. The summed E-state index contributed by atoms with van der Waals surface area (Å²) in [5.74, 6) is 1.40. The van der Waals surface area contributed by atoms with Gasteiger partial charge in [-0.05, 0) is 31.3 Å². The number of nitrogens with two attached hydrogens (primary N) is 1. The van der Waals surface area contributed by atoms with Crippen LogP contribution >= 0.6 is 0 Å². The van der Waals surface area contributed by atoms with Crippen LogP contribution in [0.3, 0.4) is 0 Å². The van der Waals surface area contributed by atoms with E-state index in [2.05, 4.69) is 25.7 Å². The van der Waals surface area contributed by atoms with Gasteiger partial charge in [0.2, 0.25) is 0 Å². The summed E-state index contributed by atoms with van der Waals surface area (Å²) in [4.78, 5) is 2.49. The molecule has 16 heavy (non-hydrogen) atoms. The summed E-state index contributed by atoms with van der Waals surface area (Å²) in [7, 11) is 1.77. The third-order valence-electron chi connectivity index (χ3n) is 3.00. The Balaban J connectivity index is 3.89. The predicted octanol–water partition coefficient (Wildman–Crippen LogP) is 1.97. The van der Waals surface area contributed by atoms with Gasteiger partial charge in [0.15, 0.2) is 0 Å². The molecule has 1 atom stereocenters. The van der Waals surface area contributed by atoms with Gasteiger partial charge in [0.05, 0.1) is 6.61 Å². The summed E-state index contributed by atoms with van der Waals surface area (Å²) in [5, 5.41) is 0. The van der Waals surface area contributed by atoms with Crippen LogP contribution in [0.5, 0.6) is 0 Å². The van der Waals surface area contributed by atoms with Crippen LogP contribution in [-0.2, 0) is 4.74 Å². The highest BCUT2D eigenvalue weighted by molar-refractivity contribution is 4.65. The first-order valence-corrected chi connectivity index (χ1v) is 6.55. The maximum absolute atomic E-state index is 5.73. The van der Waals surface area contributed by atoms with E-state index in [1.807, 2.05) is 0 Å². The highest BCUT2D eigenvalue weighted by Gasteiger charge is 2.10. The molecule has 0 saturated heterocycles. The van der Waals surface area contributed by atoms with Gasteiger partial charge >= 0.3 is 0 Å². The van der Waals surface area contributed by atoms with Crippen molar-refractivity contribution in [2.45, 2.75) is 33.6 Å². The van der Waals surface area contributed by atoms with Crippen LogP contribution in [-0.4, -0.2) is 44.8 Å². The fourth-order valence-corrected chi connectivity index (χ4v) is 1.88. The number of ether oxygens (including phenoxy) is 1. The lowest BCUT2D eigenvalue weighted by molar-refractivity contribution is 0.135. The minimum Gasteiger partial charge on any atom is -0.383 e. The second-order valence-corrected chi connectivity index (χ2v) is 4.99. The molecule has 0 fully saturated rings. The number of hydrogen-bond acceptors (Lipinski definition) is 3. The Morgan fingerprint density at radius 2 is 1.94 bits per heavy atom. The molecule has 0 aliphatic rings. The molecule has 1 unspecified atom stereocenters. The van der Waals surface area contributed by atoms with Gasteiger partial charge in [0.25, 0.3) is 0 Å². The third kappa shape index (κ3) is 8.08. The molecule has 0 rings (SSSR count). The lowest BCUT2D eigenvalue weighted by atomic mass is 10.0.